The van der Waals surface area contributed by atoms with Gasteiger partial charge in [0.05, 0.1) is 12.7 Å². The van der Waals surface area contributed by atoms with Crippen LogP contribution >= 0.6 is 0 Å². The highest BCUT2D eigenvalue weighted by Gasteiger charge is 2.09. The molecule has 0 atom stereocenters. The maximum atomic E-state index is 12.1. The normalized spacial score (nSPS) is 10.0. The number of hydrogen-bond donors (Lipinski definition) is 2. The maximum absolute atomic E-state index is 12.1. The average molecular weight is 285 g/mol. The molecular formula is C16H15NO4. The second-order valence-corrected chi connectivity index (χ2v) is 4.52. The molecule has 0 unspecified atom stereocenters. The van der Waals surface area contributed by atoms with Crippen LogP contribution in [0.3, 0.4) is 0 Å². The number of aromatic hydroxyl groups is 1. The Hall–Kier alpha value is -2.82. The van der Waals surface area contributed by atoms with E-state index < -0.39 is 5.97 Å². The number of carbonyl (C=O) groups excluding carboxylic acids is 2. The van der Waals surface area contributed by atoms with Crippen molar-refractivity contribution in [1.29, 1.82) is 0 Å². The first kappa shape index (κ1) is 14.6. The second kappa shape index (κ2) is 6.09. The molecule has 0 aliphatic carbocycles. The standard InChI is InChI=1S/C16H15NO4/c1-10-9-12(5-8-14(10)18)15(19)17-13-6-3-11(4-7-13)16(20)21-2/h3-9,18H,1-2H3,(H,17,19). The SMILES string of the molecule is COC(=O)c1ccc(NC(=O)c2ccc(O)c(C)c2)cc1. The first-order chi connectivity index (χ1) is 10.0. The molecular weight excluding hydrogens is 270 g/mol. The van der Waals surface area contributed by atoms with Gasteiger partial charge in [-0.3, -0.25) is 4.79 Å². The molecule has 0 radical (unpaired) electrons. The van der Waals surface area contributed by atoms with Crippen LogP contribution in [-0.4, -0.2) is 24.1 Å². The van der Waals surface area contributed by atoms with Crippen molar-refractivity contribution in [3.8, 4) is 5.75 Å². The molecule has 0 spiro atoms. The van der Waals surface area contributed by atoms with E-state index in [0.29, 0.717) is 22.4 Å². The van der Waals surface area contributed by atoms with E-state index in [-0.39, 0.29) is 11.7 Å². The van der Waals surface area contributed by atoms with Gasteiger partial charge < -0.3 is 15.2 Å². The number of benzene rings is 2. The van der Waals surface area contributed by atoms with Crippen LogP contribution in [0.15, 0.2) is 42.5 Å². The number of hydrogen-bond acceptors (Lipinski definition) is 4. The van der Waals surface area contributed by atoms with E-state index in [1.807, 2.05) is 0 Å². The van der Waals surface area contributed by atoms with E-state index in [2.05, 4.69) is 10.1 Å². The molecule has 0 heterocycles. The van der Waals surface area contributed by atoms with Crippen molar-refractivity contribution >= 4 is 17.6 Å². The molecule has 5 nitrogen and oxygen atoms in total. The van der Waals surface area contributed by atoms with Crippen LogP contribution in [0.25, 0.3) is 0 Å². The van der Waals surface area contributed by atoms with Crippen molar-refractivity contribution in [2.24, 2.45) is 0 Å². The minimum absolute atomic E-state index is 0.147. The topological polar surface area (TPSA) is 75.6 Å². The molecule has 21 heavy (non-hydrogen) atoms. The van der Waals surface area contributed by atoms with Crippen molar-refractivity contribution < 1.29 is 19.4 Å². The fourth-order valence-corrected chi connectivity index (χ4v) is 1.81. The molecule has 0 bridgehead atoms. The molecule has 0 fully saturated rings. The van der Waals surface area contributed by atoms with Crippen LogP contribution in [0.1, 0.15) is 26.3 Å². The average Bonchev–Trinajstić information content (AvgIpc) is 2.50. The van der Waals surface area contributed by atoms with Gasteiger partial charge in [0.25, 0.3) is 5.91 Å². The molecule has 2 N–H and O–H groups in total. The third-order valence-corrected chi connectivity index (χ3v) is 3.02. The van der Waals surface area contributed by atoms with Crippen molar-refractivity contribution in [1.82, 2.24) is 0 Å². The Kier molecular flexibility index (Phi) is 4.23. The van der Waals surface area contributed by atoms with Crippen molar-refractivity contribution in [2.45, 2.75) is 6.92 Å². The summed E-state index contributed by atoms with van der Waals surface area (Å²) in [6.07, 6.45) is 0. The van der Waals surface area contributed by atoms with Crippen LogP contribution in [-0.2, 0) is 4.74 Å². The highest BCUT2D eigenvalue weighted by atomic mass is 16.5. The number of ether oxygens (including phenoxy) is 1. The fraction of sp³-hybridized carbons (Fsp3) is 0.125. The number of amides is 1. The lowest BCUT2D eigenvalue weighted by Crippen LogP contribution is -2.12. The number of methoxy groups -OCH3 is 1. The molecule has 0 saturated carbocycles. The Bertz CT molecular complexity index is 677. The third-order valence-electron chi connectivity index (χ3n) is 3.02. The molecule has 0 saturated heterocycles. The number of rotatable bonds is 3. The molecule has 0 aromatic heterocycles. The fourth-order valence-electron chi connectivity index (χ4n) is 1.81. The maximum Gasteiger partial charge on any atom is 0.337 e. The predicted octanol–water partition coefficient (Wildman–Crippen LogP) is 2.74. The molecule has 2 rings (SSSR count). The predicted molar refractivity (Wildman–Crippen MR) is 78.6 cm³/mol. The molecule has 0 aliphatic heterocycles. The first-order valence-electron chi connectivity index (χ1n) is 6.30. The Morgan fingerprint density at radius 2 is 1.67 bits per heavy atom. The quantitative estimate of drug-likeness (QED) is 0.850. The van der Waals surface area contributed by atoms with Gasteiger partial charge in [-0.25, -0.2) is 4.79 Å². The van der Waals surface area contributed by atoms with Gasteiger partial charge in [0.2, 0.25) is 0 Å². The van der Waals surface area contributed by atoms with Gasteiger partial charge in [-0.05, 0) is 55.0 Å². The summed E-state index contributed by atoms with van der Waals surface area (Å²) < 4.78 is 4.60. The van der Waals surface area contributed by atoms with Gasteiger partial charge >= 0.3 is 5.97 Å². The lowest BCUT2D eigenvalue weighted by atomic mass is 10.1. The van der Waals surface area contributed by atoms with E-state index in [4.69, 9.17) is 0 Å². The van der Waals surface area contributed by atoms with Gasteiger partial charge in [-0.1, -0.05) is 0 Å². The summed E-state index contributed by atoms with van der Waals surface area (Å²) in [5.74, 6) is -0.570. The summed E-state index contributed by atoms with van der Waals surface area (Å²) >= 11 is 0. The van der Waals surface area contributed by atoms with E-state index in [0.717, 1.165) is 0 Å². The van der Waals surface area contributed by atoms with Crippen LogP contribution in [0.4, 0.5) is 5.69 Å². The van der Waals surface area contributed by atoms with E-state index in [9.17, 15) is 14.7 Å². The van der Waals surface area contributed by atoms with Crippen LogP contribution < -0.4 is 5.32 Å². The third kappa shape index (κ3) is 3.39. The Labute approximate surface area is 122 Å². The lowest BCUT2D eigenvalue weighted by molar-refractivity contribution is 0.0600. The zero-order chi connectivity index (χ0) is 15.4. The molecule has 0 aliphatic rings. The Morgan fingerprint density at radius 3 is 2.24 bits per heavy atom. The van der Waals surface area contributed by atoms with Gasteiger partial charge in [0.15, 0.2) is 0 Å². The highest BCUT2D eigenvalue weighted by molar-refractivity contribution is 6.04. The summed E-state index contributed by atoms with van der Waals surface area (Å²) in [6, 6.07) is 11.0. The zero-order valence-corrected chi connectivity index (χ0v) is 11.7. The van der Waals surface area contributed by atoms with Crippen molar-refractivity contribution in [3.63, 3.8) is 0 Å². The Morgan fingerprint density at radius 1 is 1.05 bits per heavy atom. The Balaban J connectivity index is 2.12. The van der Waals surface area contributed by atoms with Gasteiger partial charge in [-0.2, -0.15) is 0 Å². The number of anilines is 1. The summed E-state index contributed by atoms with van der Waals surface area (Å²) in [6.45, 7) is 1.72. The second-order valence-electron chi connectivity index (χ2n) is 4.52. The summed E-state index contributed by atoms with van der Waals surface area (Å²) in [4.78, 5) is 23.4. The smallest absolute Gasteiger partial charge is 0.337 e. The number of phenols is 1. The number of nitrogens with one attached hydrogen (secondary N) is 1. The minimum Gasteiger partial charge on any atom is -0.508 e. The number of esters is 1. The van der Waals surface area contributed by atoms with Crippen LogP contribution in [0, 0.1) is 6.92 Å². The van der Waals surface area contributed by atoms with Gasteiger partial charge in [0.1, 0.15) is 5.75 Å². The van der Waals surface area contributed by atoms with Crippen molar-refractivity contribution in [2.75, 3.05) is 12.4 Å². The zero-order valence-electron chi connectivity index (χ0n) is 11.7. The number of carbonyl (C=O) groups is 2. The molecule has 2 aromatic carbocycles. The largest absolute Gasteiger partial charge is 0.508 e. The molecule has 2 aromatic rings. The van der Waals surface area contributed by atoms with E-state index >= 15 is 0 Å². The number of phenolic OH excluding ortho intramolecular Hbond substituents is 1. The van der Waals surface area contributed by atoms with Crippen molar-refractivity contribution in [3.05, 3.63) is 59.2 Å². The summed E-state index contributed by atoms with van der Waals surface area (Å²) in [7, 11) is 1.31. The van der Waals surface area contributed by atoms with Crippen LogP contribution in [0.2, 0.25) is 0 Å². The summed E-state index contributed by atoms with van der Waals surface area (Å²) in [5, 5.41) is 12.2. The highest BCUT2D eigenvalue weighted by Crippen LogP contribution is 2.18. The molecule has 1 amide bonds. The molecule has 5 heteroatoms. The van der Waals surface area contributed by atoms with Gasteiger partial charge in [0, 0.05) is 11.3 Å². The summed E-state index contributed by atoms with van der Waals surface area (Å²) in [5.41, 5.74) is 2.06. The first-order valence-corrected chi connectivity index (χ1v) is 6.30. The van der Waals surface area contributed by atoms with E-state index in [1.54, 1.807) is 43.3 Å². The monoisotopic (exact) mass is 285 g/mol. The van der Waals surface area contributed by atoms with Gasteiger partial charge in [-0.15, -0.1) is 0 Å². The molecule has 108 valence electrons. The lowest BCUT2D eigenvalue weighted by Gasteiger charge is -2.07. The number of aryl methyl sites for hydroxylation is 1. The van der Waals surface area contributed by atoms with Crippen LogP contribution in [0.5, 0.6) is 5.75 Å². The van der Waals surface area contributed by atoms with E-state index in [1.165, 1.54) is 13.2 Å². The minimum atomic E-state index is -0.429.